The van der Waals surface area contributed by atoms with E-state index in [1.165, 1.54) is 0 Å². The molecule has 0 saturated carbocycles. The first-order valence-electron chi connectivity index (χ1n) is 5.87. The number of pyridine rings is 1. The fourth-order valence-corrected chi connectivity index (χ4v) is 1.74. The van der Waals surface area contributed by atoms with Crippen LogP contribution in [0.3, 0.4) is 0 Å². The maximum atomic E-state index is 12.1. The Morgan fingerprint density at radius 2 is 2.05 bits per heavy atom. The average molecular weight is 316 g/mol. The van der Waals surface area contributed by atoms with Gasteiger partial charge in [0.25, 0.3) is 11.6 Å². The molecule has 0 aromatic carbocycles. The number of nitrogens with one attached hydrogen (secondary N) is 1. The van der Waals surface area contributed by atoms with Crippen LogP contribution >= 0.6 is 11.6 Å². The number of rotatable bonds is 4. The van der Waals surface area contributed by atoms with E-state index in [1.54, 1.807) is 20.8 Å². The van der Waals surface area contributed by atoms with E-state index in [0.29, 0.717) is 0 Å². The second kappa shape index (κ2) is 6.04. The lowest BCUT2D eigenvalue weighted by Gasteiger charge is -2.27. The van der Waals surface area contributed by atoms with Gasteiger partial charge in [-0.3, -0.25) is 14.9 Å². The number of carbonyl (C=O) groups excluding carboxylic acids is 1. The number of amides is 1. The minimum atomic E-state index is -1.22. The van der Waals surface area contributed by atoms with Crippen LogP contribution in [0.2, 0.25) is 5.15 Å². The zero-order chi connectivity index (χ0) is 16.4. The van der Waals surface area contributed by atoms with E-state index in [9.17, 15) is 19.7 Å². The zero-order valence-electron chi connectivity index (χ0n) is 11.6. The molecular weight excluding hydrogens is 302 g/mol. The standard InChI is InChI=1S/C12H14ClN3O5/c1-12(2,3)8(11(18)19)15-10(17)7-4-6(16(20)21)5-14-9(7)13/h4-5,8H,1-3H3,(H,15,17)(H,18,19)/t8-/m1/s1. The van der Waals surface area contributed by atoms with Crippen LogP contribution in [0.5, 0.6) is 0 Å². The zero-order valence-corrected chi connectivity index (χ0v) is 12.3. The van der Waals surface area contributed by atoms with Crippen LogP contribution in [0, 0.1) is 15.5 Å². The maximum absolute atomic E-state index is 12.1. The SMILES string of the molecule is CC(C)(C)[C@H](NC(=O)c1cc([N+](=O)[O-])cnc1Cl)C(=O)O. The molecule has 1 atom stereocenters. The van der Waals surface area contributed by atoms with Crippen molar-refractivity contribution in [1.29, 1.82) is 0 Å². The highest BCUT2D eigenvalue weighted by molar-refractivity contribution is 6.32. The third-order valence-corrected chi connectivity index (χ3v) is 2.97. The highest BCUT2D eigenvalue weighted by Crippen LogP contribution is 2.22. The van der Waals surface area contributed by atoms with Gasteiger partial charge in [-0.15, -0.1) is 0 Å². The third kappa shape index (κ3) is 4.12. The van der Waals surface area contributed by atoms with Gasteiger partial charge in [0.2, 0.25) is 0 Å². The van der Waals surface area contributed by atoms with Crippen molar-refractivity contribution < 1.29 is 19.6 Å². The Hall–Kier alpha value is -2.22. The predicted octanol–water partition coefficient (Wildman–Crippen LogP) is 1.87. The van der Waals surface area contributed by atoms with Crippen LogP contribution < -0.4 is 5.32 Å². The van der Waals surface area contributed by atoms with Crippen molar-refractivity contribution in [2.75, 3.05) is 0 Å². The Morgan fingerprint density at radius 3 is 2.48 bits per heavy atom. The fourth-order valence-electron chi connectivity index (χ4n) is 1.55. The molecule has 1 heterocycles. The summed E-state index contributed by atoms with van der Waals surface area (Å²) in [6.45, 7) is 4.91. The van der Waals surface area contributed by atoms with Gasteiger partial charge in [0.1, 0.15) is 17.4 Å². The number of nitrogens with zero attached hydrogens (tertiary/aromatic N) is 2. The van der Waals surface area contributed by atoms with Crippen molar-refractivity contribution in [3.05, 3.63) is 33.1 Å². The smallest absolute Gasteiger partial charge is 0.326 e. The third-order valence-electron chi connectivity index (χ3n) is 2.67. The Bertz CT molecular complexity index is 597. The lowest BCUT2D eigenvalue weighted by Crippen LogP contribution is -2.49. The fraction of sp³-hybridized carbons (Fsp3) is 0.417. The lowest BCUT2D eigenvalue weighted by atomic mass is 9.86. The Balaban J connectivity index is 3.11. The summed E-state index contributed by atoms with van der Waals surface area (Å²) < 4.78 is 0. The van der Waals surface area contributed by atoms with E-state index < -0.39 is 33.9 Å². The minimum Gasteiger partial charge on any atom is -0.480 e. The molecule has 9 heteroatoms. The molecule has 0 fully saturated rings. The lowest BCUT2D eigenvalue weighted by molar-refractivity contribution is -0.385. The van der Waals surface area contributed by atoms with Gasteiger partial charge in [-0.05, 0) is 5.41 Å². The monoisotopic (exact) mass is 315 g/mol. The minimum absolute atomic E-state index is 0.240. The van der Waals surface area contributed by atoms with Gasteiger partial charge in [0.05, 0.1) is 10.5 Å². The van der Waals surface area contributed by atoms with E-state index in [1.807, 2.05) is 0 Å². The number of halogens is 1. The maximum Gasteiger partial charge on any atom is 0.326 e. The Labute approximate surface area is 125 Å². The van der Waals surface area contributed by atoms with E-state index in [-0.39, 0.29) is 10.7 Å². The molecule has 0 spiro atoms. The summed E-state index contributed by atoms with van der Waals surface area (Å²) >= 11 is 5.73. The first-order chi connectivity index (χ1) is 9.54. The molecular formula is C12H14ClN3O5. The summed E-state index contributed by atoms with van der Waals surface area (Å²) in [5.74, 6) is -2.05. The molecule has 114 valence electrons. The first kappa shape index (κ1) is 16.8. The molecule has 0 aliphatic rings. The Kier molecular flexibility index (Phi) is 4.84. The number of aromatic nitrogens is 1. The molecule has 0 aliphatic carbocycles. The van der Waals surface area contributed by atoms with E-state index in [0.717, 1.165) is 12.3 Å². The molecule has 0 saturated heterocycles. The van der Waals surface area contributed by atoms with Crippen LogP contribution in [-0.2, 0) is 4.79 Å². The highest BCUT2D eigenvalue weighted by atomic mass is 35.5. The largest absolute Gasteiger partial charge is 0.480 e. The average Bonchev–Trinajstić information content (AvgIpc) is 2.33. The number of hydrogen-bond acceptors (Lipinski definition) is 5. The number of nitro groups is 1. The van der Waals surface area contributed by atoms with Crippen LogP contribution in [0.1, 0.15) is 31.1 Å². The molecule has 0 radical (unpaired) electrons. The number of aliphatic carboxylic acids is 1. The summed E-state index contributed by atoms with van der Waals surface area (Å²) in [6.07, 6.45) is 0.914. The van der Waals surface area contributed by atoms with E-state index in [4.69, 9.17) is 16.7 Å². The molecule has 0 aliphatic heterocycles. The highest BCUT2D eigenvalue weighted by Gasteiger charge is 2.33. The van der Waals surface area contributed by atoms with Gasteiger partial charge >= 0.3 is 5.97 Å². The van der Waals surface area contributed by atoms with Crippen LogP contribution in [0.15, 0.2) is 12.3 Å². The number of carbonyl (C=O) groups is 2. The summed E-state index contributed by atoms with van der Waals surface area (Å²) in [6, 6.07) is -0.230. The second-order valence-corrected chi connectivity index (χ2v) is 5.76. The first-order valence-corrected chi connectivity index (χ1v) is 6.25. The summed E-state index contributed by atoms with van der Waals surface area (Å²) in [7, 11) is 0. The molecule has 2 N–H and O–H groups in total. The second-order valence-electron chi connectivity index (χ2n) is 5.40. The van der Waals surface area contributed by atoms with E-state index in [2.05, 4.69) is 10.3 Å². The van der Waals surface area contributed by atoms with Gasteiger partial charge in [-0.25, -0.2) is 9.78 Å². The van der Waals surface area contributed by atoms with Gasteiger partial charge < -0.3 is 10.4 Å². The predicted molar refractivity (Wildman–Crippen MR) is 74.2 cm³/mol. The van der Waals surface area contributed by atoms with Crippen molar-refractivity contribution in [2.24, 2.45) is 5.41 Å². The van der Waals surface area contributed by atoms with Gasteiger partial charge in [0, 0.05) is 6.07 Å². The number of hydrogen-bond donors (Lipinski definition) is 2. The normalized spacial score (nSPS) is 12.6. The van der Waals surface area contributed by atoms with Gasteiger partial charge in [-0.2, -0.15) is 0 Å². The molecule has 1 aromatic heterocycles. The molecule has 0 bridgehead atoms. The summed E-state index contributed by atoms with van der Waals surface area (Å²) in [4.78, 5) is 36.8. The summed E-state index contributed by atoms with van der Waals surface area (Å²) in [5, 5.41) is 21.9. The topological polar surface area (TPSA) is 122 Å². The van der Waals surface area contributed by atoms with Crippen molar-refractivity contribution in [3.63, 3.8) is 0 Å². The Morgan fingerprint density at radius 1 is 1.48 bits per heavy atom. The summed E-state index contributed by atoms with van der Waals surface area (Å²) in [5.41, 5.74) is -1.41. The quantitative estimate of drug-likeness (QED) is 0.497. The number of carboxylic acid groups (broad SMARTS) is 1. The number of carboxylic acids is 1. The van der Waals surface area contributed by atoms with Gasteiger partial charge in [-0.1, -0.05) is 32.4 Å². The van der Waals surface area contributed by atoms with Crippen LogP contribution in [-0.4, -0.2) is 32.9 Å². The molecule has 1 rings (SSSR count). The van der Waals surface area contributed by atoms with Crippen molar-refractivity contribution in [1.82, 2.24) is 10.3 Å². The van der Waals surface area contributed by atoms with Crippen molar-refractivity contribution >= 4 is 29.2 Å². The molecule has 0 unspecified atom stereocenters. The molecule has 1 amide bonds. The van der Waals surface area contributed by atoms with Crippen LogP contribution in [0.25, 0.3) is 0 Å². The molecule has 1 aromatic rings. The van der Waals surface area contributed by atoms with Crippen molar-refractivity contribution in [3.8, 4) is 0 Å². The van der Waals surface area contributed by atoms with E-state index >= 15 is 0 Å². The van der Waals surface area contributed by atoms with Crippen molar-refractivity contribution in [2.45, 2.75) is 26.8 Å². The molecule has 8 nitrogen and oxygen atoms in total. The van der Waals surface area contributed by atoms with Gasteiger partial charge in [0.15, 0.2) is 0 Å². The molecule has 21 heavy (non-hydrogen) atoms. The van der Waals surface area contributed by atoms with Crippen LogP contribution in [0.4, 0.5) is 5.69 Å².